The predicted octanol–water partition coefficient (Wildman–Crippen LogP) is 5.78. The molecule has 0 atom stereocenters. The van der Waals surface area contributed by atoms with Crippen LogP contribution in [0.1, 0.15) is 19.3 Å². The largest absolute Gasteiger partial charge is 0.493 e. The zero-order valence-electron chi connectivity index (χ0n) is 16.8. The summed E-state index contributed by atoms with van der Waals surface area (Å²) in [6.45, 7) is 2.35. The van der Waals surface area contributed by atoms with Gasteiger partial charge in [-0.1, -0.05) is 22.4 Å². The van der Waals surface area contributed by atoms with Crippen LogP contribution in [0.2, 0.25) is 0 Å². The molecule has 0 unspecified atom stereocenters. The lowest BCUT2D eigenvalue weighted by atomic mass is 10.1. The van der Waals surface area contributed by atoms with Crippen LogP contribution in [0.5, 0.6) is 5.88 Å². The lowest BCUT2D eigenvalue weighted by Crippen LogP contribution is -2.31. The molecule has 166 valence electrons. The van der Waals surface area contributed by atoms with Crippen LogP contribution in [0.15, 0.2) is 51.1 Å². The van der Waals surface area contributed by atoms with Gasteiger partial charge >= 0.3 is 5.69 Å². The first-order valence-electron chi connectivity index (χ1n) is 9.93. The van der Waals surface area contributed by atoms with Crippen LogP contribution in [-0.2, 0) is 6.67 Å². The molecule has 0 saturated carbocycles. The molecule has 0 bridgehead atoms. The molecule has 3 aromatic rings. The number of benzene rings is 2. The van der Waals surface area contributed by atoms with Gasteiger partial charge in [-0.25, -0.2) is 0 Å². The minimum absolute atomic E-state index is 0.100. The number of hydrogen-bond acceptors (Lipinski definition) is 8. The van der Waals surface area contributed by atoms with Crippen LogP contribution in [-0.4, -0.2) is 37.5 Å². The van der Waals surface area contributed by atoms with E-state index in [1.165, 1.54) is 12.5 Å². The number of nitro benzene ring substituents is 2. The Kier molecular flexibility index (Phi) is 6.15. The number of piperidine rings is 1. The number of nitro groups is 2. The van der Waals surface area contributed by atoms with Gasteiger partial charge in [-0.3, -0.25) is 29.7 Å². The Balaban J connectivity index is 1.77. The van der Waals surface area contributed by atoms with E-state index in [4.69, 9.17) is 0 Å². The Labute approximate surface area is 190 Å². The molecular formula is C20H19BrN6O5. The molecule has 0 radical (unpaired) electrons. The number of aromatic nitrogens is 1. The quantitative estimate of drug-likeness (QED) is 0.257. The molecule has 4 rings (SSSR count). The van der Waals surface area contributed by atoms with Gasteiger partial charge in [0.2, 0.25) is 5.88 Å². The van der Waals surface area contributed by atoms with Crippen LogP contribution in [0.4, 0.5) is 22.7 Å². The minimum atomic E-state index is -0.753. The smallest absolute Gasteiger partial charge is 0.303 e. The molecule has 0 amide bonds. The first kappa shape index (κ1) is 21.8. The van der Waals surface area contributed by atoms with Gasteiger partial charge in [-0.05, 0) is 50.2 Å². The second-order valence-electron chi connectivity index (χ2n) is 7.47. The molecule has 1 saturated heterocycles. The first-order chi connectivity index (χ1) is 15.3. The van der Waals surface area contributed by atoms with E-state index in [1.54, 1.807) is 10.6 Å². The fraction of sp³-hybridized carbons (Fsp3) is 0.300. The standard InChI is InChI=1S/C20H19BrN6O5/c21-13-4-7-17-15(10-13)19(20(28)25(17)12-24-8-2-1-3-9-24)23-22-16-6-5-14(26(29)30)11-18(16)27(31)32/h4-7,10-11,28H,1-3,8-9,12H2. The first-order valence-corrected chi connectivity index (χ1v) is 10.7. The number of aromatic hydroxyl groups is 1. The summed E-state index contributed by atoms with van der Waals surface area (Å²) in [4.78, 5) is 23.1. The highest BCUT2D eigenvalue weighted by Crippen LogP contribution is 2.42. The van der Waals surface area contributed by atoms with Gasteiger partial charge in [0.1, 0.15) is 0 Å². The fourth-order valence-electron chi connectivity index (χ4n) is 3.80. The average molecular weight is 503 g/mol. The summed E-state index contributed by atoms with van der Waals surface area (Å²) in [5.74, 6) is -0.100. The van der Waals surface area contributed by atoms with Crippen molar-refractivity contribution in [3.05, 3.63) is 61.1 Å². The van der Waals surface area contributed by atoms with Crippen molar-refractivity contribution in [1.82, 2.24) is 9.47 Å². The van der Waals surface area contributed by atoms with Crippen LogP contribution >= 0.6 is 15.9 Å². The van der Waals surface area contributed by atoms with Gasteiger partial charge in [0, 0.05) is 15.9 Å². The van der Waals surface area contributed by atoms with Crippen molar-refractivity contribution in [1.29, 1.82) is 0 Å². The third-order valence-corrected chi connectivity index (χ3v) is 5.88. The minimum Gasteiger partial charge on any atom is -0.493 e. The Morgan fingerprint density at radius 2 is 1.75 bits per heavy atom. The molecule has 11 nitrogen and oxygen atoms in total. The highest BCUT2D eigenvalue weighted by atomic mass is 79.9. The van der Waals surface area contributed by atoms with Crippen molar-refractivity contribution in [2.75, 3.05) is 13.1 Å². The van der Waals surface area contributed by atoms with E-state index in [9.17, 15) is 25.3 Å². The second kappa shape index (κ2) is 9.01. The Morgan fingerprint density at radius 3 is 2.44 bits per heavy atom. The predicted molar refractivity (Wildman–Crippen MR) is 121 cm³/mol. The highest BCUT2D eigenvalue weighted by Gasteiger charge is 2.22. The van der Waals surface area contributed by atoms with Gasteiger partial charge in [-0.15, -0.1) is 10.2 Å². The number of non-ortho nitro benzene ring substituents is 1. The number of fused-ring (bicyclic) bond motifs is 1. The van der Waals surface area contributed by atoms with Gasteiger partial charge in [0.25, 0.3) is 5.69 Å². The third kappa shape index (κ3) is 4.32. The van der Waals surface area contributed by atoms with E-state index in [2.05, 4.69) is 31.1 Å². The van der Waals surface area contributed by atoms with Gasteiger partial charge in [-0.2, -0.15) is 0 Å². The second-order valence-corrected chi connectivity index (χ2v) is 8.38. The zero-order valence-corrected chi connectivity index (χ0v) is 18.4. The molecule has 1 fully saturated rings. The molecule has 12 heteroatoms. The molecule has 1 aliphatic rings. The van der Waals surface area contributed by atoms with E-state index < -0.39 is 21.2 Å². The van der Waals surface area contributed by atoms with Crippen molar-refractivity contribution >= 4 is 49.6 Å². The maximum atomic E-state index is 11.4. The summed E-state index contributed by atoms with van der Waals surface area (Å²) in [5.41, 5.74) is -0.178. The lowest BCUT2D eigenvalue weighted by molar-refractivity contribution is -0.393. The van der Waals surface area contributed by atoms with Gasteiger partial charge in [0.15, 0.2) is 11.4 Å². The van der Waals surface area contributed by atoms with Crippen molar-refractivity contribution in [2.45, 2.75) is 25.9 Å². The van der Waals surface area contributed by atoms with Crippen LogP contribution in [0.3, 0.4) is 0 Å². The molecule has 0 aliphatic carbocycles. The number of rotatable bonds is 6. The summed E-state index contributed by atoms with van der Waals surface area (Å²) in [7, 11) is 0. The summed E-state index contributed by atoms with van der Waals surface area (Å²) >= 11 is 3.42. The lowest BCUT2D eigenvalue weighted by Gasteiger charge is -2.27. The molecule has 32 heavy (non-hydrogen) atoms. The molecule has 2 aromatic carbocycles. The molecule has 1 N–H and O–H groups in total. The SMILES string of the molecule is O=[N+]([O-])c1ccc(N=Nc2c(O)n(CN3CCCCC3)c3ccc(Br)cc23)c([N+](=O)[O-])c1. The monoisotopic (exact) mass is 502 g/mol. The summed E-state index contributed by atoms with van der Waals surface area (Å²) in [5, 5.41) is 42.0. The fourth-order valence-corrected chi connectivity index (χ4v) is 4.16. The Hall–Kier alpha value is -3.38. The van der Waals surface area contributed by atoms with Crippen LogP contribution < -0.4 is 0 Å². The summed E-state index contributed by atoms with van der Waals surface area (Å²) in [6.07, 6.45) is 3.39. The van der Waals surface area contributed by atoms with Crippen LogP contribution in [0.25, 0.3) is 10.9 Å². The number of halogens is 1. The number of azo groups is 1. The van der Waals surface area contributed by atoms with E-state index in [0.717, 1.165) is 48.1 Å². The van der Waals surface area contributed by atoms with Crippen molar-refractivity contribution in [3.8, 4) is 5.88 Å². The van der Waals surface area contributed by atoms with Crippen molar-refractivity contribution in [3.63, 3.8) is 0 Å². The van der Waals surface area contributed by atoms with Crippen LogP contribution in [0, 0.1) is 20.2 Å². The average Bonchev–Trinajstić information content (AvgIpc) is 3.02. The number of hydrogen-bond donors (Lipinski definition) is 1. The normalized spacial score (nSPS) is 14.9. The van der Waals surface area contributed by atoms with E-state index in [-0.39, 0.29) is 17.3 Å². The van der Waals surface area contributed by atoms with Crippen molar-refractivity contribution in [2.24, 2.45) is 10.2 Å². The maximum absolute atomic E-state index is 11.4. The Morgan fingerprint density at radius 1 is 1.00 bits per heavy atom. The highest BCUT2D eigenvalue weighted by molar-refractivity contribution is 9.10. The molecule has 2 heterocycles. The molecular weight excluding hydrogens is 484 g/mol. The molecule has 1 aliphatic heterocycles. The molecule has 1 aromatic heterocycles. The number of likely N-dealkylation sites (tertiary alicyclic amines) is 1. The summed E-state index contributed by atoms with van der Waals surface area (Å²) in [6, 6.07) is 8.63. The van der Waals surface area contributed by atoms with E-state index >= 15 is 0 Å². The summed E-state index contributed by atoms with van der Waals surface area (Å²) < 4.78 is 2.52. The Bertz CT molecular complexity index is 1230. The number of nitrogens with zero attached hydrogens (tertiary/aromatic N) is 6. The topological polar surface area (TPSA) is 139 Å². The third-order valence-electron chi connectivity index (χ3n) is 5.39. The van der Waals surface area contributed by atoms with E-state index in [1.807, 2.05) is 12.1 Å². The van der Waals surface area contributed by atoms with E-state index in [0.29, 0.717) is 12.1 Å². The van der Waals surface area contributed by atoms with Gasteiger partial charge < -0.3 is 5.11 Å². The molecule has 0 spiro atoms. The van der Waals surface area contributed by atoms with Gasteiger partial charge in [0.05, 0.1) is 28.1 Å². The zero-order chi connectivity index (χ0) is 22.8. The maximum Gasteiger partial charge on any atom is 0.303 e. The van der Waals surface area contributed by atoms with Crippen molar-refractivity contribution < 1.29 is 15.0 Å².